The van der Waals surface area contributed by atoms with Crippen molar-refractivity contribution in [1.82, 2.24) is 19.7 Å². The summed E-state index contributed by atoms with van der Waals surface area (Å²) in [5, 5.41) is 22.7. The van der Waals surface area contributed by atoms with Gasteiger partial charge in [0.15, 0.2) is 5.65 Å². The van der Waals surface area contributed by atoms with E-state index in [1.165, 1.54) is 6.08 Å². The van der Waals surface area contributed by atoms with Crippen LogP contribution >= 0.6 is 11.6 Å². The van der Waals surface area contributed by atoms with Crippen LogP contribution < -0.4 is 4.74 Å². The van der Waals surface area contributed by atoms with Crippen LogP contribution in [0.2, 0.25) is 5.28 Å². The zero-order chi connectivity index (χ0) is 18.7. The fraction of sp³-hybridized carbons (Fsp3) is 0.222. The monoisotopic (exact) mass is 369 g/mol. The molecule has 0 amide bonds. The second kappa shape index (κ2) is 7.52. The van der Waals surface area contributed by atoms with E-state index in [0.29, 0.717) is 29.2 Å². The molecule has 3 rings (SSSR count). The quantitative estimate of drug-likeness (QED) is 0.546. The van der Waals surface area contributed by atoms with E-state index in [4.69, 9.17) is 26.7 Å². The van der Waals surface area contributed by atoms with Crippen LogP contribution in [0.25, 0.3) is 17.1 Å². The topological polar surface area (TPSA) is 96.9 Å². The Morgan fingerprint density at radius 1 is 1.31 bits per heavy atom. The van der Waals surface area contributed by atoms with Crippen molar-refractivity contribution >= 4 is 28.7 Å². The molecule has 0 aliphatic carbocycles. The van der Waals surface area contributed by atoms with Crippen LogP contribution in [-0.2, 0) is 6.54 Å². The second-order valence-electron chi connectivity index (χ2n) is 5.70. The molecule has 8 heteroatoms. The zero-order valence-corrected chi connectivity index (χ0v) is 15.0. The average molecular weight is 370 g/mol. The highest BCUT2D eigenvalue weighted by Gasteiger charge is 2.15. The molecular formula is C18H16ClN5O2. The van der Waals surface area contributed by atoms with E-state index < -0.39 is 0 Å². The van der Waals surface area contributed by atoms with Gasteiger partial charge in [0.1, 0.15) is 11.1 Å². The molecule has 0 radical (unpaired) electrons. The fourth-order valence-electron chi connectivity index (χ4n) is 2.67. The third-order valence-corrected chi connectivity index (χ3v) is 3.89. The fourth-order valence-corrected chi connectivity index (χ4v) is 2.82. The molecule has 26 heavy (non-hydrogen) atoms. The van der Waals surface area contributed by atoms with E-state index in [-0.39, 0.29) is 11.9 Å². The largest absolute Gasteiger partial charge is 0.438 e. The van der Waals surface area contributed by atoms with E-state index in [1.807, 2.05) is 32.0 Å². The van der Waals surface area contributed by atoms with Gasteiger partial charge >= 0.3 is 0 Å². The Morgan fingerprint density at radius 2 is 2.04 bits per heavy atom. The first-order valence-electron chi connectivity index (χ1n) is 7.88. The van der Waals surface area contributed by atoms with Gasteiger partial charge in [-0.3, -0.25) is 4.68 Å². The molecule has 3 aromatic rings. The van der Waals surface area contributed by atoms with Gasteiger partial charge < -0.3 is 9.84 Å². The zero-order valence-electron chi connectivity index (χ0n) is 14.3. The molecule has 0 bridgehead atoms. The Balaban J connectivity index is 2.03. The van der Waals surface area contributed by atoms with Crippen molar-refractivity contribution in [3.05, 3.63) is 46.4 Å². The number of hydrogen-bond donors (Lipinski definition) is 1. The van der Waals surface area contributed by atoms with Crippen LogP contribution in [0.4, 0.5) is 0 Å². The van der Waals surface area contributed by atoms with Crippen molar-refractivity contribution in [3.63, 3.8) is 0 Å². The molecule has 0 fully saturated rings. The van der Waals surface area contributed by atoms with Crippen LogP contribution in [0.15, 0.2) is 24.4 Å². The number of ether oxygens (including phenoxy) is 1. The molecule has 2 heterocycles. The van der Waals surface area contributed by atoms with Crippen LogP contribution in [0.5, 0.6) is 11.6 Å². The molecule has 0 spiro atoms. The smallest absolute Gasteiger partial charge is 0.234 e. The lowest BCUT2D eigenvalue weighted by Crippen LogP contribution is -2.01. The Morgan fingerprint density at radius 3 is 2.69 bits per heavy atom. The van der Waals surface area contributed by atoms with Gasteiger partial charge in [-0.15, -0.1) is 0 Å². The lowest BCUT2D eigenvalue weighted by molar-refractivity contribution is 0.270. The Labute approximate surface area is 155 Å². The second-order valence-corrected chi connectivity index (χ2v) is 6.04. The lowest BCUT2D eigenvalue weighted by atomic mass is 10.1. The van der Waals surface area contributed by atoms with Gasteiger partial charge in [-0.1, -0.05) is 0 Å². The minimum Gasteiger partial charge on any atom is -0.438 e. The Hall–Kier alpha value is -2.95. The molecule has 0 aliphatic rings. The van der Waals surface area contributed by atoms with Crippen LogP contribution in [0, 0.1) is 25.2 Å². The van der Waals surface area contributed by atoms with Gasteiger partial charge in [-0.25, -0.2) is 0 Å². The van der Waals surface area contributed by atoms with Crippen LogP contribution in [-0.4, -0.2) is 31.5 Å². The van der Waals surface area contributed by atoms with Crippen LogP contribution in [0.3, 0.4) is 0 Å². The van der Waals surface area contributed by atoms with E-state index in [1.54, 1.807) is 17.0 Å². The average Bonchev–Trinajstić information content (AvgIpc) is 2.98. The minimum absolute atomic E-state index is 0.0330. The molecule has 7 nitrogen and oxygen atoms in total. The van der Waals surface area contributed by atoms with Crippen molar-refractivity contribution < 1.29 is 9.84 Å². The molecular weight excluding hydrogens is 354 g/mol. The summed E-state index contributed by atoms with van der Waals surface area (Å²) >= 11 is 6.00. The van der Waals surface area contributed by atoms with Crippen LogP contribution in [0.1, 0.15) is 16.7 Å². The van der Waals surface area contributed by atoms with E-state index in [0.717, 1.165) is 16.7 Å². The Kier molecular flexibility index (Phi) is 5.16. The predicted molar refractivity (Wildman–Crippen MR) is 98.1 cm³/mol. The van der Waals surface area contributed by atoms with Crippen molar-refractivity contribution in [2.24, 2.45) is 0 Å². The highest BCUT2D eigenvalue weighted by molar-refractivity contribution is 6.28. The van der Waals surface area contributed by atoms with Gasteiger partial charge in [0.2, 0.25) is 11.2 Å². The van der Waals surface area contributed by atoms with Gasteiger partial charge in [0.05, 0.1) is 19.2 Å². The molecule has 0 atom stereocenters. The molecule has 0 saturated heterocycles. The maximum Gasteiger partial charge on any atom is 0.234 e. The van der Waals surface area contributed by atoms with Crippen molar-refractivity contribution in [2.75, 3.05) is 6.61 Å². The number of hydrogen-bond acceptors (Lipinski definition) is 6. The molecule has 2 aromatic heterocycles. The number of halogens is 1. The number of aliphatic hydroxyl groups is 1. The standard InChI is InChI=1S/C18H16ClN5O2/c1-11-8-13(4-3-5-20)9-12(2)15(11)26-17-14-10-24(6-7-25)23-16(14)21-18(19)22-17/h3-4,8-10,25H,6-7H2,1-2H3/b4-3+. The number of fused-ring (bicyclic) bond motifs is 1. The molecule has 0 aliphatic heterocycles. The number of benzene rings is 1. The summed E-state index contributed by atoms with van der Waals surface area (Å²) in [5.74, 6) is 0.959. The number of allylic oxidation sites excluding steroid dienone is 1. The van der Waals surface area contributed by atoms with E-state index >= 15 is 0 Å². The molecule has 1 N–H and O–H groups in total. The first kappa shape index (κ1) is 17.9. The number of aromatic nitrogens is 4. The number of nitrogens with zero attached hydrogens (tertiary/aromatic N) is 5. The normalized spacial score (nSPS) is 11.2. The summed E-state index contributed by atoms with van der Waals surface area (Å²) in [7, 11) is 0. The molecule has 0 unspecified atom stereocenters. The summed E-state index contributed by atoms with van der Waals surface area (Å²) < 4.78 is 7.61. The molecule has 1 aromatic carbocycles. The van der Waals surface area contributed by atoms with E-state index in [2.05, 4.69) is 15.1 Å². The maximum atomic E-state index is 9.08. The SMILES string of the molecule is Cc1cc(/C=C/C#N)cc(C)c1Oc1nc(Cl)nc2nn(CCO)cc12. The number of nitriles is 1. The highest BCUT2D eigenvalue weighted by atomic mass is 35.5. The third kappa shape index (κ3) is 3.67. The summed E-state index contributed by atoms with van der Waals surface area (Å²) in [6.45, 7) is 4.13. The van der Waals surface area contributed by atoms with Gasteiger partial charge in [0.25, 0.3) is 0 Å². The van der Waals surface area contributed by atoms with Gasteiger partial charge in [-0.05, 0) is 60.3 Å². The summed E-state index contributed by atoms with van der Waals surface area (Å²) in [6.07, 6.45) is 4.88. The Bertz CT molecular complexity index is 1010. The van der Waals surface area contributed by atoms with E-state index in [9.17, 15) is 0 Å². The summed E-state index contributed by atoms with van der Waals surface area (Å²) in [5.41, 5.74) is 3.11. The third-order valence-electron chi connectivity index (χ3n) is 3.73. The first-order valence-corrected chi connectivity index (χ1v) is 8.26. The first-order chi connectivity index (χ1) is 12.5. The molecule has 132 valence electrons. The summed E-state index contributed by atoms with van der Waals surface area (Å²) in [6, 6.07) is 5.82. The van der Waals surface area contributed by atoms with Crippen molar-refractivity contribution in [3.8, 4) is 17.7 Å². The van der Waals surface area contributed by atoms with Crippen molar-refractivity contribution in [1.29, 1.82) is 5.26 Å². The van der Waals surface area contributed by atoms with Gasteiger partial charge in [-0.2, -0.15) is 20.3 Å². The summed E-state index contributed by atoms with van der Waals surface area (Å²) in [4.78, 5) is 8.28. The number of aryl methyl sites for hydroxylation is 2. The number of rotatable bonds is 5. The lowest BCUT2D eigenvalue weighted by Gasteiger charge is -2.12. The minimum atomic E-state index is -0.0404. The molecule has 0 saturated carbocycles. The maximum absolute atomic E-state index is 9.08. The van der Waals surface area contributed by atoms with Crippen molar-refractivity contribution in [2.45, 2.75) is 20.4 Å². The highest BCUT2D eigenvalue weighted by Crippen LogP contribution is 2.33. The number of aliphatic hydroxyl groups excluding tert-OH is 1. The predicted octanol–water partition coefficient (Wildman–Crippen LogP) is 3.42. The van der Waals surface area contributed by atoms with Gasteiger partial charge in [0, 0.05) is 12.3 Å².